The van der Waals surface area contributed by atoms with E-state index in [0.29, 0.717) is 0 Å². The number of H-pyrrole nitrogens is 1. The molecule has 0 unspecified atom stereocenters. The fourth-order valence-electron chi connectivity index (χ4n) is 1.60. The maximum absolute atomic E-state index is 5.21. The Bertz CT molecular complexity index is 466. The molecule has 2 rings (SSSR count). The third kappa shape index (κ3) is 2.18. The van der Waals surface area contributed by atoms with Crippen LogP contribution in [0.15, 0.2) is 24.7 Å². The predicted molar refractivity (Wildman–Crippen MR) is 61.2 cm³/mol. The molecule has 5 heteroatoms. The minimum atomic E-state index is 0.791. The fourth-order valence-corrected chi connectivity index (χ4v) is 1.87. The Morgan fingerprint density at radius 2 is 2.33 bits per heavy atom. The second-order valence-corrected chi connectivity index (χ2v) is 3.75. The minimum Gasteiger partial charge on any atom is -0.337 e. The van der Waals surface area contributed by atoms with E-state index in [2.05, 4.69) is 21.6 Å². The molecule has 0 amide bonds. The van der Waals surface area contributed by atoms with Crippen LogP contribution in [0.3, 0.4) is 0 Å². The SMILES string of the molecule is CCc1c[nH]c(=S)n1CCn1cccn1. The normalized spacial score (nSPS) is 10.7. The quantitative estimate of drug-likeness (QED) is 0.804. The number of aromatic amines is 1. The molecule has 2 aromatic heterocycles. The minimum absolute atomic E-state index is 0.791. The number of hydrogen-bond donors (Lipinski definition) is 1. The van der Waals surface area contributed by atoms with Gasteiger partial charge in [0.05, 0.1) is 6.54 Å². The summed E-state index contributed by atoms with van der Waals surface area (Å²) in [7, 11) is 0. The van der Waals surface area contributed by atoms with Crippen LogP contribution in [0.2, 0.25) is 0 Å². The maximum Gasteiger partial charge on any atom is 0.177 e. The van der Waals surface area contributed by atoms with Gasteiger partial charge in [0.2, 0.25) is 0 Å². The van der Waals surface area contributed by atoms with Crippen LogP contribution in [0.4, 0.5) is 0 Å². The molecule has 0 aliphatic carbocycles. The van der Waals surface area contributed by atoms with Gasteiger partial charge in [0.15, 0.2) is 4.77 Å². The second kappa shape index (κ2) is 4.44. The van der Waals surface area contributed by atoms with Crippen LogP contribution in [0.5, 0.6) is 0 Å². The lowest BCUT2D eigenvalue weighted by Crippen LogP contribution is -2.10. The Morgan fingerprint density at radius 1 is 1.47 bits per heavy atom. The summed E-state index contributed by atoms with van der Waals surface area (Å²) >= 11 is 5.21. The molecule has 0 radical (unpaired) electrons. The Hall–Kier alpha value is -1.36. The highest BCUT2D eigenvalue weighted by molar-refractivity contribution is 7.71. The molecule has 0 saturated carbocycles. The summed E-state index contributed by atoms with van der Waals surface area (Å²) in [4.78, 5) is 3.07. The first-order valence-electron chi connectivity index (χ1n) is 5.05. The van der Waals surface area contributed by atoms with Crippen molar-refractivity contribution < 1.29 is 0 Å². The smallest absolute Gasteiger partial charge is 0.177 e. The lowest BCUT2D eigenvalue weighted by Gasteiger charge is -2.06. The molecule has 2 aromatic rings. The highest BCUT2D eigenvalue weighted by Crippen LogP contribution is 2.03. The summed E-state index contributed by atoms with van der Waals surface area (Å²) in [6, 6.07) is 1.93. The van der Waals surface area contributed by atoms with Gasteiger partial charge in [0.1, 0.15) is 0 Å². The van der Waals surface area contributed by atoms with Crippen molar-refractivity contribution in [1.29, 1.82) is 0 Å². The molecular formula is C10H14N4S. The molecule has 0 spiro atoms. The molecule has 0 aliphatic heterocycles. The predicted octanol–water partition coefficient (Wildman–Crippen LogP) is 2.00. The molecule has 0 aliphatic rings. The number of rotatable bonds is 4. The number of imidazole rings is 1. The van der Waals surface area contributed by atoms with Crippen molar-refractivity contribution in [2.45, 2.75) is 26.4 Å². The third-order valence-corrected chi connectivity index (χ3v) is 2.77. The zero-order valence-corrected chi connectivity index (χ0v) is 9.50. The van der Waals surface area contributed by atoms with Crippen molar-refractivity contribution in [3.05, 3.63) is 35.1 Å². The van der Waals surface area contributed by atoms with Crippen LogP contribution >= 0.6 is 12.2 Å². The average Bonchev–Trinajstić information content (AvgIpc) is 2.84. The van der Waals surface area contributed by atoms with E-state index in [-0.39, 0.29) is 0 Å². The van der Waals surface area contributed by atoms with Crippen LogP contribution in [0.25, 0.3) is 0 Å². The van der Waals surface area contributed by atoms with E-state index >= 15 is 0 Å². The molecule has 80 valence electrons. The number of nitrogens with zero attached hydrogens (tertiary/aromatic N) is 3. The van der Waals surface area contributed by atoms with Crippen LogP contribution < -0.4 is 0 Å². The number of hydrogen-bond acceptors (Lipinski definition) is 2. The molecule has 4 nitrogen and oxygen atoms in total. The number of nitrogens with one attached hydrogen (secondary N) is 1. The lowest BCUT2D eigenvalue weighted by atomic mass is 10.3. The van der Waals surface area contributed by atoms with Crippen LogP contribution in [0, 0.1) is 4.77 Å². The van der Waals surface area contributed by atoms with Crippen LogP contribution in [-0.2, 0) is 19.5 Å². The molecule has 0 bridgehead atoms. The monoisotopic (exact) mass is 222 g/mol. The molecule has 0 saturated heterocycles. The second-order valence-electron chi connectivity index (χ2n) is 3.36. The summed E-state index contributed by atoms with van der Waals surface area (Å²) in [6.07, 6.45) is 6.72. The van der Waals surface area contributed by atoms with Gasteiger partial charge in [-0.3, -0.25) is 4.68 Å². The molecule has 0 fully saturated rings. The third-order valence-electron chi connectivity index (χ3n) is 2.43. The van der Waals surface area contributed by atoms with Crippen molar-refractivity contribution >= 4 is 12.2 Å². The van der Waals surface area contributed by atoms with Crippen molar-refractivity contribution in [2.24, 2.45) is 0 Å². The van der Waals surface area contributed by atoms with Crippen molar-refractivity contribution in [1.82, 2.24) is 19.3 Å². The lowest BCUT2D eigenvalue weighted by molar-refractivity contribution is 0.520. The zero-order chi connectivity index (χ0) is 10.7. The summed E-state index contributed by atoms with van der Waals surface area (Å²) < 4.78 is 4.82. The summed E-state index contributed by atoms with van der Waals surface area (Å²) in [6.45, 7) is 3.85. The Balaban J connectivity index is 2.10. The van der Waals surface area contributed by atoms with Gasteiger partial charge in [-0.1, -0.05) is 6.92 Å². The first-order valence-corrected chi connectivity index (χ1v) is 5.46. The van der Waals surface area contributed by atoms with E-state index in [0.717, 1.165) is 24.3 Å². The Labute approximate surface area is 93.6 Å². The van der Waals surface area contributed by atoms with E-state index < -0.39 is 0 Å². The largest absolute Gasteiger partial charge is 0.337 e. The fraction of sp³-hybridized carbons (Fsp3) is 0.400. The molecule has 15 heavy (non-hydrogen) atoms. The van der Waals surface area contributed by atoms with E-state index in [1.54, 1.807) is 6.20 Å². The zero-order valence-electron chi connectivity index (χ0n) is 8.68. The molecule has 0 aromatic carbocycles. The van der Waals surface area contributed by atoms with Gasteiger partial charge < -0.3 is 9.55 Å². The van der Waals surface area contributed by atoms with Gasteiger partial charge >= 0.3 is 0 Å². The van der Waals surface area contributed by atoms with Crippen molar-refractivity contribution in [3.63, 3.8) is 0 Å². The molecular weight excluding hydrogens is 208 g/mol. The summed E-state index contributed by atoms with van der Waals surface area (Å²) in [5, 5.41) is 4.16. The maximum atomic E-state index is 5.21. The first kappa shape index (κ1) is 10.2. The van der Waals surface area contributed by atoms with E-state index in [1.807, 2.05) is 23.1 Å². The Morgan fingerprint density at radius 3 is 3.00 bits per heavy atom. The van der Waals surface area contributed by atoms with Gasteiger partial charge in [-0.05, 0) is 24.7 Å². The average molecular weight is 222 g/mol. The van der Waals surface area contributed by atoms with Crippen molar-refractivity contribution in [3.8, 4) is 0 Å². The topological polar surface area (TPSA) is 38.5 Å². The van der Waals surface area contributed by atoms with Gasteiger partial charge in [-0.25, -0.2) is 0 Å². The Kier molecular flexibility index (Phi) is 3.01. The van der Waals surface area contributed by atoms with E-state index in [9.17, 15) is 0 Å². The van der Waals surface area contributed by atoms with Crippen LogP contribution in [-0.4, -0.2) is 19.3 Å². The van der Waals surface area contributed by atoms with Gasteiger partial charge in [0, 0.05) is 30.8 Å². The van der Waals surface area contributed by atoms with Crippen molar-refractivity contribution in [2.75, 3.05) is 0 Å². The van der Waals surface area contributed by atoms with Gasteiger partial charge in [-0.15, -0.1) is 0 Å². The molecule has 2 heterocycles. The highest BCUT2D eigenvalue weighted by atomic mass is 32.1. The highest BCUT2D eigenvalue weighted by Gasteiger charge is 2.01. The van der Waals surface area contributed by atoms with E-state index in [1.165, 1.54) is 5.69 Å². The molecule has 1 N–H and O–H groups in total. The van der Waals surface area contributed by atoms with Gasteiger partial charge in [-0.2, -0.15) is 5.10 Å². The number of aromatic nitrogens is 4. The van der Waals surface area contributed by atoms with Crippen LogP contribution in [0.1, 0.15) is 12.6 Å². The first-order chi connectivity index (χ1) is 7.31. The van der Waals surface area contributed by atoms with E-state index in [4.69, 9.17) is 12.2 Å². The summed E-state index contributed by atoms with van der Waals surface area (Å²) in [5.74, 6) is 0. The standard InChI is InChI=1S/C10H14N4S/c1-2-9-8-11-10(15)14(9)7-6-13-5-3-4-12-13/h3-5,8H,2,6-7H2,1H3,(H,11,15). The molecule has 0 atom stereocenters. The summed E-state index contributed by atoms with van der Waals surface area (Å²) in [5.41, 5.74) is 1.24. The number of aryl methyl sites for hydroxylation is 2. The van der Waals surface area contributed by atoms with Gasteiger partial charge in [0.25, 0.3) is 0 Å².